The molecule has 0 spiro atoms. The SMILES string of the molecule is COCCCCC/C=C/C(C)C. The van der Waals surface area contributed by atoms with Crippen LogP contribution in [0, 0.1) is 5.92 Å². The minimum absolute atomic E-state index is 0.698. The van der Waals surface area contributed by atoms with E-state index in [0.29, 0.717) is 5.92 Å². The van der Waals surface area contributed by atoms with Crippen LogP contribution >= 0.6 is 0 Å². The van der Waals surface area contributed by atoms with Crippen molar-refractivity contribution in [2.45, 2.75) is 39.5 Å². The summed E-state index contributed by atoms with van der Waals surface area (Å²) in [5, 5.41) is 0. The van der Waals surface area contributed by atoms with Gasteiger partial charge < -0.3 is 4.74 Å². The van der Waals surface area contributed by atoms with Gasteiger partial charge in [-0.25, -0.2) is 0 Å². The minimum atomic E-state index is 0.698. The molecule has 0 fully saturated rings. The molecule has 0 atom stereocenters. The highest BCUT2D eigenvalue weighted by Crippen LogP contribution is 2.02. The summed E-state index contributed by atoms with van der Waals surface area (Å²) in [6, 6.07) is 0. The summed E-state index contributed by atoms with van der Waals surface area (Å²) in [5.41, 5.74) is 0. The Kier molecular flexibility index (Phi) is 8.57. The molecule has 72 valence electrons. The maximum absolute atomic E-state index is 4.97. The van der Waals surface area contributed by atoms with Crippen molar-refractivity contribution in [3.63, 3.8) is 0 Å². The quantitative estimate of drug-likeness (QED) is 0.420. The van der Waals surface area contributed by atoms with Crippen molar-refractivity contribution in [2.75, 3.05) is 13.7 Å². The van der Waals surface area contributed by atoms with Gasteiger partial charge in [0.05, 0.1) is 0 Å². The first-order chi connectivity index (χ1) is 5.77. The molecule has 0 saturated heterocycles. The standard InChI is InChI=1S/C11H22O/c1-11(2)9-7-5-4-6-8-10-12-3/h7,9,11H,4-6,8,10H2,1-3H3/b9-7+. The van der Waals surface area contributed by atoms with Crippen LogP contribution in [-0.4, -0.2) is 13.7 Å². The van der Waals surface area contributed by atoms with E-state index in [1.807, 2.05) is 0 Å². The second-order valence-corrected chi connectivity index (χ2v) is 3.51. The number of hydrogen-bond acceptors (Lipinski definition) is 1. The van der Waals surface area contributed by atoms with E-state index in [2.05, 4.69) is 26.0 Å². The fourth-order valence-electron chi connectivity index (χ4n) is 1.05. The van der Waals surface area contributed by atoms with E-state index in [9.17, 15) is 0 Å². The van der Waals surface area contributed by atoms with E-state index in [0.717, 1.165) is 6.61 Å². The fraction of sp³-hybridized carbons (Fsp3) is 0.818. The highest BCUT2D eigenvalue weighted by molar-refractivity contribution is 4.83. The van der Waals surface area contributed by atoms with Crippen molar-refractivity contribution < 1.29 is 4.74 Å². The Balaban J connectivity index is 3.00. The number of unbranched alkanes of at least 4 members (excludes halogenated alkanes) is 3. The van der Waals surface area contributed by atoms with Crippen LogP contribution in [0.2, 0.25) is 0 Å². The fourth-order valence-corrected chi connectivity index (χ4v) is 1.05. The van der Waals surface area contributed by atoms with Crippen molar-refractivity contribution in [3.8, 4) is 0 Å². The molecule has 0 radical (unpaired) electrons. The molecular formula is C11H22O. The third kappa shape index (κ3) is 9.70. The van der Waals surface area contributed by atoms with Crippen molar-refractivity contribution in [3.05, 3.63) is 12.2 Å². The van der Waals surface area contributed by atoms with Crippen LogP contribution in [0.15, 0.2) is 12.2 Å². The Hall–Kier alpha value is -0.300. The van der Waals surface area contributed by atoms with Crippen molar-refractivity contribution >= 4 is 0 Å². The molecule has 0 aliphatic rings. The molecule has 0 aromatic carbocycles. The summed E-state index contributed by atoms with van der Waals surface area (Å²) in [7, 11) is 1.76. The van der Waals surface area contributed by atoms with Crippen molar-refractivity contribution in [1.82, 2.24) is 0 Å². The lowest BCUT2D eigenvalue weighted by Gasteiger charge is -1.97. The largest absolute Gasteiger partial charge is 0.385 e. The van der Waals surface area contributed by atoms with Gasteiger partial charge in [0.25, 0.3) is 0 Å². The lowest BCUT2D eigenvalue weighted by atomic mass is 10.1. The summed E-state index contributed by atoms with van der Waals surface area (Å²) in [6.45, 7) is 5.33. The van der Waals surface area contributed by atoms with Gasteiger partial charge in [0.15, 0.2) is 0 Å². The van der Waals surface area contributed by atoms with Crippen LogP contribution < -0.4 is 0 Å². The molecule has 1 heteroatoms. The molecule has 0 saturated carbocycles. The Bertz CT molecular complexity index is 106. The number of ether oxygens (including phenoxy) is 1. The zero-order valence-electron chi connectivity index (χ0n) is 8.68. The Morgan fingerprint density at radius 1 is 1.17 bits per heavy atom. The zero-order valence-corrected chi connectivity index (χ0v) is 8.68. The van der Waals surface area contributed by atoms with Crippen LogP contribution in [0.5, 0.6) is 0 Å². The second-order valence-electron chi connectivity index (χ2n) is 3.51. The van der Waals surface area contributed by atoms with Gasteiger partial charge in [0.2, 0.25) is 0 Å². The summed E-state index contributed by atoms with van der Waals surface area (Å²) < 4.78 is 4.97. The third-order valence-corrected chi connectivity index (χ3v) is 1.74. The lowest BCUT2D eigenvalue weighted by molar-refractivity contribution is 0.192. The van der Waals surface area contributed by atoms with Gasteiger partial charge in [-0.15, -0.1) is 0 Å². The average Bonchev–Trinajstić information content (AvgIpc) is 2.02. The number of rotatable bonds is 7. The first kappa shape index (κ1) is 11.7. The molecule has 0 unspecified atom stereocenters. The maximum atomic E-state index is 4.97. The molecule has 0 aromatic rings. The van der Waals surface area contributed by atoms with Crippen LogP contribution in [0.3, 0.4) is 0 Å². The molecule has 1 nitrogen and oxygen atoms in total. The molecule has 0 rings (SSSR count). The summed E-state index contributed by atoms with van der Waals surface area (Å²) in [6.07, 6.45) is 9.57. The van der Waals surface area contributed by atoms with Crippen LogP contribution in [0.25, 0.3) is 0 Å². The highest BCUT2D eigenvalue weighted by atomic mass is 16.5. The summed E-state index contributed by atoms with van der Waals surface area (Å²) in [5.74, 6) is 0.698. The van der Waals surface area contributed by atoms with Crippen molar-refractivity contribution in [1.29, 1.82) is 0 Å². The minimum Gasteiger partial charge on any atom is -0.385 e. The molecule has 0 aliphatic heterocycles. The highest BCUT2D eigenvalue weighted by Gasteiger charge is 1.87. The van der Waals surface area contributed by atoms with Crippen molar-refractivity contribution in [2.24, 2.45) is 5.92 Å². The predicted octanol–water partition coefficient (Wildman–Crippen LogP) is 3.41. The normalized spacial score (nSPS) is 11.7. The molecule has 12 heavy (non-hydrogen) atoms. The predicted molar refractivity (Wildman–Crippen MR) is 54.3 cm³/mol. The molecule has 0 aromatic heterocycles. The Labute approximate surface area is 76.8 Å². The Morgan fingerprint density at radius 3 is 2.50 bits per heavy atom. The molecule has 0 heterocycles. The number of allylic oxidation sites excluding steroid dienone is 2. The molecule has 0 aliphatic carbocycles. The molecule has 0 bridgehead atoms. The average molecular weight is 170 g/mol. The first-order valence-corrected chi connectivity index (χ1v) is 4.93. The van der Waals surface area contributed by atoms with Gasteiger partial charge in [-0.3, -0.25) is 0 Å². The Morgan fingerprint density at radius 2 is 1.92 bits per heavy atom. The summed E-state index contributed by atoms with van der Waals surface area (Å²) >= 11 is 0. The van der Waals surface area contributed by atoms with Crippen LogP contribution in [0.4, 0.5) is 0 Å². The van der Waals surface area contributed by atoms with E-state index in [1.165, 1.54) is 25.7 Å². The second kappa shape index (κ2) is 8.79. The van der Waals surface area contributed by atoms with E-state index >= 15 is 0 Å². The van der Waals surface area contributed by atoms with E-state index in [4.69, 9.17) is 4.74 Å². The van der Waals surface area contributed by atoms with Gasteiger partial charge >= 0.3 is 0 Å². The van der Waals surface area contributed by atoms with E-state index < -0.39 is 0 Å². The third-order valence-electron chi connectivity index (χ3n) is 1.74. The van der Waals surface area contributed by atoms with Gasteiger partial charge in [0.1, 0.15) is 0 Å². The molecule has 0 amide bonds. The van der Waals surface area contributed by atoms with Gasteiger partial charge in [0, 0.05) is 13.7 Å². The zero-order chi connectivity index (χ0) is 9.23. The summed E-state index contributed by atoms with van der Waals surface area (Å²) in [4.78, 5) is 0. The van der Waals surface area contributed by atoms with E-state index in [1.54, 1.807) is 7.11 Å². The lowest BCUT2D eigenvalue weighted by Crippen LogP contribution is -1.87. The van der Waals surface area contributed by atoms with Gasteiger partial charge in [-0.05, 0) is 25.2 Å². The number of methoxy groups -OCH3 is 1. The van der Waals surface area contributed by atoms with E-state index in [-0.39, 0.29) is 0 Å². The first-order valence-electron chi connectivity index (χ1n) is 4.93. The molecular weight excluding hydrogens is 148 g/mol. The monoisotopic (exact) mass is 170 g/mol. The smallest absolute Gasteiger partial charge is 0.0462 e. The molecule has 0 N–H and O–H groups in total. The van der Waals surface area contributed by atoms with Gasteiger partial charge in [-0.2, -0.15) is 0 Å². The van der Waals surface area contributed by atoms with Crippen LogP contribution in [-0.2, 0) is 4.74 Å². The number of hydrogen-bond donors (Lipinski definition) is 0. The van der Waals surface area contributed by atoms with Crippen LogP contribution in [0.1, 0.15) is 39.5 Å². The topological polar surface area (TPSA) is 9.23 Å². The maximum Gasteiger partial charge on any atom is 0.0462 e. The van der Waals surface area contributed by atoms with Gasteiger partial charge in [-0.1, -0.05) is 32.4 Å².